The first-order valence-electron chi connectivity index (χ1n) is 7.04. The molecule has 0 aromatic carbocycles. The second-order valence-electron chi connectivity index (χ2n) is 5.80. The van der Waals surface area contributed by atoms with Gasteiger partial charge in [0.1, 0.15) is 0 Å². The molecule has 0 radical (unpaired) electrons. The molecule has 2 rings (SSSR count). The van der Waals surface area contributed by atoms with E-state index in [-0.39, 0.29) is 0 Å². The highest BCUT2D eigenvalue weighted by molar-refractivity contribution is 4.78. The molecule has 1 N–H and O–H groups in total. The Kier molecular flexibility index (Phi) is 5.22. The predicted octanol–water partition coefficient (Wildman–Crippen LogP) is -0.225. The first-order chi connectivity index (χ1) is 8.24. The van der Waals surface area contributed by atoms with Crippen molar-refractivity contribution in [2.75, 3.05) is 73.0 Å². The first kappa shape index (κ1) is 13.3. The summed E-state index contributed by atoms with van der Waals surface area (Å²) in [6.07, 6.45) is 1.38. The van der Waals surface area contributed by atoms with Crippen molar-refractivity contribution < 1.29 is 0 Å². The molecule has 2 saturated heterocycles. The van der Waals surface area contributed by atoms with Gasteiger partial charge in [0.15, 0.2) is 0 Å². The Bertz CT molecular complexity index is 205. The van der Waals surface area contributed by atoms with Gasteiger partial charge in [-0.3, -0.25) is 4.90 Å². The van der Waals surface area contributed by atoms with Crippen LogP contribution in [0.3, 0.4) is 0 Å². The molecule has 2 aliphatic rings. The fourth-order valence-corrected chi connectivity index (χ4v) is 2.77. The van der Waals surface area contributed by atoms with E-state index >= 15 is 0 Å². The zero-order chi connectivity index (χ0) is 12.1. The van der Waals surface area contributed by atoms with Gasteiger partial charge in [0, 0.05) is 45.8 Å². The molecule has 17 heavy (non-hydrogen) atoms. The maximum atomic E-state index is 3.46. The third-order valence-corrected chi connectivity index (χ3v) is 4.01. The van der Waals surface area contributed by atoms with E-state index in [1.165, 1.54) is 65.3 Å². The standard InChI is InChI=1S/C13H28N4/c1-15(2)5-6-16-7-9-17(10-8-16)12-13-3-4-14-11-13/h13-14H,3-12H2,1-2H3. The number of nitrogens with zero attached hydrogens (tertiary/aromatic N) is 3. The fourth-order valence-electron chi connectivity index (χ4n) is 2.77. The van der Waals surface area contributed by atoms with Crippen LogP contribution in [0.15, 0.2) is 0 Å². The number of likely N-dealkylation sites (N-methyl/N-ethyl adjacent to an activating group) is 1. The van der Waals surface area contributed by atoms with Crippen LogP contribution in [0.5, 0.6) is 0 Å². The summed E-state index contributed by atoms with van der Waals surface area (Å²) in [5, 5.41) is 3.46. The monoisotopic (exact) mass is 240 g/mol. The Morgan fingerprint density at radius 1 is 1.12 bits per heavy atom. The van der Waals surface area contributed by atoms with E-state index in [1.54, 1.807) is 0 Å². The van der Waals surface area contributed by atoms with Crippen molar-refractivity contribution in [2.24, 2.45) is 5.92 Å². The van der Waals surface area contributed by atoms with E-state index in [2.05, 4.69) is 34.1 Å². The Labute approximate surface area is 106 Å². The van der Waals surface area contributed by atoms with E-state index in [4.69, 9.17) is 0 Å². The van der Waals surface area contributed by atoms with E-state index < -0.39 is 0 Å². The van der Waals surface area contributed by atoms with Crippen molar-refractivity contribution >= 4 is 0 Å². The summed E-state index contributed by atoms with van der Waals surface area (Å²) in [5.41, 5.74) is 0. The molecule has 4 nitrogen and oxygen atoms in total. The molecule has 2 heterocycles. The van der Waals surface area contributed by atoms with Crippen LogP contribution in [-0.4, -0.2) is 87.7 Å². The van der Waals surface area contributed by atoms with Crippen molar-refractivity contribution in [1.29, 1.82) is 0 Å². The van der Waals surface area contributed by atoms with Gasteiger partial charge < -0.3 is 15.1 Å². The Hall–Kier alpha value is -0.160. The highest BCUT2D eigenvalue weighted by atomic mass is 15.3. The van der Waals surface area contributed by atoms with E-state index in [9.17, 15) is 0 Å². The molecule has 2 aliphatic heterocycles. The summed E-state index contributed by atoms with van der Waals surface area (Å²) in [7, 11) is 4.31. The van der Waals surface area contributed by atoms with E-state index in [0.29, 0.717) is 0 Å². The van der Waals surface area contributed by atoms with Gasteiger partial charge in [-0.2, -0.15) is 0 Å². The minimum Gasteiger partial charge on any atom is -0.316 e. The quantitative estimate of drug-likeness (QED) is 0.717. The van der Waals surface area contributed by atoms with Crippen molar-refractivity contribution in [1.82, 2.24) is 20.0 Å². The summed E-state index contributed by atoms with van der Waals surface area (Å²) in [4.78, 5) is 7.53. The minimum atomic E-state index is 0.906. The lowest BCUT2D eigenvalue weighted by atomic mass is 10.1. The zero-order valence-electron chi connectivity index (χ0n) is 11.5. The van der Waals surface area contributed by atoms with Crippen LogP contribution in [0.25, 0.3) is 0 Å². The van der Waals surface area contributed by atoms with Gasteiger partial charge in [0.05, 0.1) is 0 Å². The molecule has 0 aromatic rings. The number of nitrogens with one attached hydrogen (secondary N) is 1. The lowest BCUT2D eigenvalue weighted by Gasteiger charge is -2.36. The lowest BCUT2D eigenvalue weighted by Crippen LogP contribution is -2.49. The van der Waals surface area contributed by atoms with Gasteiger partial charge >= 0.3 is 0 Å². The van der Waals surface area contributed by atoms with Crippen molar-refractivity contribution in [3.63, 3.8) is 0 Å². The summed E-state index contributed by atoms with van der Waals surface area (Å²) >= 11 is 0. The van der Waals surface area contributed by atoms with Gasteiger partial charge in [-0.15, -0.1) is 0 Å². The first-order valence-corrected chi connectivity index (χ1v) is 7.04. The van der Waals surface area contributed by atoms with Crippen LogP contribution in [-0.2, 0) is 0 Å². The van der Waals surface area contributed by atoms with Gasteiger partial charge in [-0.25, -0.2) is 0 Å². The number of rotatable bonds is 5. The third-order valence-electron chi connectivity index (χ3n) is 4.01. The topological polar surface area (TPSA) is 21.8 Å². The normalized spacial score (nSPS) is 28.1. The van der Waals surface area contributed by atoms with Crippen LogP contribution in [0.1, 0.15) is 6.42 Å². The molecule has 0 aliphatic carbocycles. The van der Waals surface area contributed by atoms with Crippen LogP contribution in [0.2, 0.25) is 0 Å². The molecule has 0 aromatic heterocycles. The average molecular weight is 240 g/mol. The van der Waals surface area contributed by atoms with Crippen LogP contribution < -0.4 is 5.32 Å². The molecule has 1 atom stereocenters. The summed E-state index contributed by atoms with van der Waals surface area (Å²) in [6, 6.07) is 0. The Morgan fingerprint density at radius 2 is 1.82 bits per heavy atom. The largest absolute Gasteiger partial charge is 0.316 e. The summed E-state index contributed by atoms with van der Waals surface area (Å²) in [5.74, 6) is 0.906. The summed E-state index contributed by atoms with van der Waals surface area (Å²) in [6.45, 7) is 11.2. The molecule has 4 heteroatoms. The third kappa shape index (κ3) is 4.54. The van der Waals surface area contributed by atoms with Gasteiger partial charge in [-0.1, -0.05) is 0 Å². The molecule has 0 spiro atoms. The van der Waals surface area contributed by atoms with Crippen LogP contribution >= 0.6 is 0 Å². The van der Waals surface area contributed by atoms with Crippen LogP contribution in [0.4, 0.5) is 0 Å². The minimum absolute atomic E-state index is 0.906. The molecular formula is C13H28N4. The second kappa shape index (κ2) is 6.69. The van der Waals surface area contributed by atoms with Gasteiger partial charge in [0.2, 0.25) is 0 Å². The second-order valence-corrected chi connectivity index (χ2v) is 5.80. The Balaban J connectivity index is 1.60. The lowest BCUT2D eigenvalue weighted by molar-refractivity contribution is 0.114. The molecule has 0 saturated carbocycles. The average Bonchev–Trinajstić information content (AvgIpc) is 2.81. The maximum absolute atomic E-state index is 3.46. The highest BCUT2D eigenvalue weighted by Crippen LogP contribution is 2.11. The van der Waals surface area contributed by atoms with Crippen molar-refractivity contribution in [3.05, 3.63) is 0 Å². The van der Waals surface area contributed by atoms with Gasteiger partial charge in [0.25, 0.3) is 0 Å². The van der Waals surface area contributed by atoms with Crippen molar-refractivity contribution in [3.8, 4) is 0 Å². The predicted molar refractivity (Wildman–Crippen MR) is 72.4 cm³/mol. The molecule has 100 valence electrons. The molecule has 0 amide bonds. The van der Waals surface area contributed by atoms with Crippen LogP contribution in [0, 0.1) is 5.92 Å². The summed E-state index contributed by atoms with van der Waals surface area (Å²) < 4.78 is 0. The van der Waals surface area contributed by atoms with E-state index in [0.717, 1.165) is 5.92 Å². The zero-order valence-corrected chi connectivity index (χ0v) is 11.5. The molecule has 1 unspecified atom stereocenters. The van der Waals surface area contributed by atoms with Crippen molar-refractivity contribution in [2.45, 2.75) is 6.42 Å². The SMILES string of the molecule is CN(C)CCN1CCN(CC2CCNC2)CC1. The number of hydrogen-bond donors (Lipinski definition) is 1. The Morgan fingerprint density at radius 3 is 2.41 bits per heavy atom. The fraction of sp³-hybridized carbons (Fsp3) is 1.00. The highest BCUT2D eigenvalue weighted by Gasteiger charge is 2.21. The molecule has 2 fully saturated rings. The number of piperazine rings is 1. The number of hydrogen-bond acceptors (Lipinski definition) is 4. The smallest absolute Gasteiger partial charge is 0.0110 e. The molecular weight excluding hydrogens is 212 g/mol. The van der Waals surface area contributed by atoms with E-state index in [1.807, 2.05) is 0 Å². The molecule has 0 bridgehead atoms. The van der Waals surface area contributed by atoms with Gasteiger partial charge in [-0.05, 0) is 39.5 Å². The maximum Gasteiger partial charge on any atom is 0.0110 e.